The van der Waals surface area contributed by atoms with Crippen molar-refractivity contribution in [3.8, 4) is 17.2 Å². The summed E-state index contributed by atoms with van der Waals surface area (Å²) in [6.45, 7) is 6.15. The first-order valence-corrected chi connectivity index (χ1v) is 11.7. The molecule has 3 nitrogen and oxygen atoms in total. The van der Waals surface area contributed by atoms with Gasteiger partial charge in [-0.3, -0.25) is 0 Å². The van der Waals surface area contributed by atoms with Crippen molar-refractivity contribution in [2.75, 3.05) is 0 Å². The van der Waals surface area contributed by atoms with Crippen LogP contribution in [0.2, 0.25) is 0 Å². The molecule has 0 bridgehead atoms. The van der Waals surface area contributed by atoms with Crippen molar-refractivity contribution in [2.45, 2.75) is 20.8 Å². The number of hydrogen-bond donors (Lipinski definition) is 0. The first-order chi connectivity index (χ1) is 12.1. The Morgan fingerprint density at radius 1 is 0.440 bits per heavy atom. The molecule has 4 heteroatoms. The van der Waals surface area contributed by atoms with E-state index in [0.29, 0.717) is 0 Å². The molecule has 0 aliphatic rings. The standard InChI is InChI=1S/3C7H8O.Sn/c3*1-6-2-4-7(8)5-3-6;/h3*2-5,8H,1H3;/q;;;+3/p-3. The van der Waals surface area contributed by atoms with Crippen LogP contribution in [-0.2, 0) is 0 Å². The summed E-state index contributed by atoms with van der Waals surface area (Å²) in [5.41, 5.74) is 3.57. The fourth-order valence-corrected chi connectivity index (χ4v) is 5.34. The SMILES string of the molecule is Cc1ccc([O][Sn]([O]c2ccc(C)cc2)[O]c2ccc(C)cc2)cc1. The Kier molecular flexibility index (Phi) is 5.86. The molecule has 0 aliphatic carbocycles. The molecule has 0 aliphatic heterocycles. The fraction of sp³-hybridized carbons (Fsp3) is 0.143. The van der Waals surface area contributed by atoms with Gasteiger partial charge >= 0.3 is 158 Å². The molecule has 0 aromatic heterocycles. The van der Waals surface area contributed by atoms with Crippen molar-refractivity contribution in [1.82, 2.24) is 0 Å². The molecular formula is C21H21O3Sn. The second kappa shape index (κ2) is 8.30. The van der Waals surface area contributed by atoms with E-state index in [0.717, 1.165) is 17.2 Å². The van der Waals surface area contributed by atoms with Gasteiger partial charge in [0.25, 0.3) is 0 Å². The van der Waals surface area contributed by atoms with Crippen LogP contribution in [0.1, 0.15) is 16.7 Å². The number of rotatable bonds is 6. The van der Waals surface area contributed by atoms with Gasteiger partial charge in [-0.05, 0) is 0 Å². The third kappa shape index (κ3) is 5.43. The normalized spacial score (nSPS) is 10.6. The second-order valence-electron chi connectivity index (χ2n) is 6.00. The Morgan fingerprint density at radius 2 is 0.680 bits per heavy atom. The fourth-order valence-electron chi connectivity index (χ4n) is 2.17. The average molecular weight is 440 g/mol. The molecule has 0 saturated heterocycles. The van der Waals surface area contributed by atoms with Gasteiger partial charge in [-0.2, -0.15) is 0 Å². The van der Waals surface area contributed by atoms with Gasteiger partial charge in [-0.15, -0.1) is 0 Å². The maximum atomic E-state index is 6.09. The van der Waals surface area contributed by atoms with E-state index in [1.807, 2.05) is 72.8 Å². The average Bonchev–Trinajstić information content (AvgIpc) is 2.61. The molecule has 0 saturated carbocycles. The van der Waals surface area contributed by atoms with Gasteiger partial charge in [0.05, 0.1) is 0 Å². The van der Waals surface area contributed by atoms with Crippen molar-refractivity contribution in [1.29, 1.82) is 0 Å². The van der Waals surface area contributed by atoms with E-state index in [1.54, 1.807) is 0 Å². The molecule has 3 rings (SSSR count). The van der Waals surface area contributed by atoms with E-state index in [4.69, 9.17) is 9.22 Å². The van der Waals surface area contributed by atoms with E-state index < -0.39 is 21.0 Å². The van der Waals surface area contributed by atoms with E-state index in [2.05, 4.69) is 20.8 Å². The Hall–Kier alpha value is -2.14. The van der Waals surface area contributed by atoms with Gasteiger partial charge in [0.2, 0.25) is 0 Å². The van der Waals surface area contributed by atoms with Gasteiger partial charge < -0.3 is 0 Å². The summed E-state index contributed by atoms with van der Waals surface area (Å²) in [5.74, 6) is 2.33. The molecule has 0 fully saturated rings. The minimum atomic E-state index is -3.12. The minimum absolute atomic E-state index is 0.777. The molecule has 0 amide bonds. The molecule has 127 valence electrons. The topological polar surface area (TPSA) is 27.7 Å². The van der Waals surface area contributed by atoms with Crippen LogP contribution in [0, 0.1) is 20.8 Å². The van der Waals surface area contributed by atoms with Crippen LogP contribution in [-0.4, -0.2) is 21.0 Å². The third-order valence-electron chi connectivity index (χ3n) is 3.67. The van der Waals surface area contributed by atoms with Crippen molar-refractivity contribution in [3.05, 3.63) is 89.5 Å². The summed E-state index contributed by atoms with van der Waals surface area (Å²) >= 11 is -3.12. The monoisotopic (exact) mass is 441 g/mol. The molecule has 0 atom stereocenters. The molecular weight excluding hydrogens is 419 g/mol. The molecule has 3 aromatic rings. The number of aryl methyl sites for hydroxylation is 3. The van der Waals surface area contributed by atoms with Crippen LogP contribution in [0.5, 0.6) is 17.2 Å². The van der Waals surface area contributed by atoms with Crippen LogP contribution < -0.4 is 9.22 Å². The molecule has 0 N–H and O–H groups in total. The van der Waals surface area contributed by atoms with Crippen molar-refractivity contribution < 1.29 is 9.22 Å². The maximum absolute atomic E-state index is 6.09. The zero-order valence-corrected chi connectivity index (χ0v) is 17.5. The van der Waals surface area contributed by atoms with Gasteiger partial charge in [-0.1, -0.05) is 0 Å². The molecule has 1 radical (unpaired) electrons. The first kappa shape index (κ1) is 17.7. The summed E-state index contributed by atoms with van der Waals surface area (Å²) < 4.78 is 18.3. The van der Waals surface area contributed by atoms with Crippen LogP contribution in [0.25, 0.3) is 0 Å². The molecule has 0 unspecified atom stereocenters. The Bertz CT molecular complexity index is 683. The number of hydrogen-bond acceptors (Lipinski definition) is 3. The van der Waals surface area contributed by atoms with E-state index in [-0.39, 0.29) is 0 Å². The van der Waals surface area contributed by atoms with Crippen LogP contribution in [0.4, 0.5) is 0 Å². The van der Waals surface area contributed by atoms with Crippen molar-refractivity contribution >= 4 is 21.0 Å². The molecule has 25 heavy (non-hydrogen) atoms. The summed E-state index contributed by atoms with van der Waals surface area (Å²) in [5, 5.41) is 0. The summed E-state index contributed by atoms with van der Waals surface area (Å²) in [6.07, 6.45) is 0. The van der Waals surface area contributed by atoms with Gasteiger partial charge in [0.1, 0.15) is 0 Å². The first-order valence-electron chi connectivity index (χ1n) is 8.19. The molecule has 3 aromatic carbocycles. The molecule has 0 heterocycles. The predicted molar refractivity (Wildman–Crippen MR) is 101 cm³/mol. The van der Waals surface area contributed by atoms with Gasteiger partial charge in [0, 0.05) is 0 Å². The van der Waals surface area contributed by atoms with E-state index in [1.165, 1.54) is 16.7 Å². The van der Waals surface area contributed by atoms with Gasteiger partial charge in [-0.25, -0.2) is 0 Å². The van der Waals surface area contributed by atoms with E-state index >= 15 is 0 Å². The van der Waals surface area contributed by atoms with Crippen molar-refractivity contribution in [2.24, 2.45) is 0 Å². The zero-order chi connectivity index (χ0) is 17.6. The Labute approximate surface area is 157 Å². The summed E-state index contributed by atoms with van der Waals surface area (Å²) in [6, 6.07) is 23.8. The second-order valence-corrected chi connectivity index (χ2v) is 9.17. The summed E-state index contributed by atoms with van der Waals surface area (Å²) in [4.78, 5) is 0. The van der Waals surface area contributed by atoms with E-state index in [9.17, 15) is 0 Å². The van der Waals surface area contributed by atoms with Crippen LogP contribution in [0.3, 0.4) is 0 Å². The van der Waals surface area contributed by atoms with Crippen LogP contribution in [0.15, 0.2) is 72.8 Å². The summed E-state index contributed by atoms with van der Waals surface area (Å²) in [7, 11) is 0. The third-order valence-corrected chi connectivity index (χ3v) is 7.11. The zero-order valence-electron chi connectivity index (χ0n) is 14.7. The Balaban J connectivity index is 1.77. The van der Waals surface area contributed by atoms with Crippen molar-refractivity contribution in [3.63, 3.8) is 0 Å². The molecule has 0 spiro atoms. The predicted octanol–water partition coefficient (Wildman–Crippen LogP) is 5.13. The quantitative estimate of drug-likeness (QED) is 0.498. The number of benzene rings is 3. The Morgan fingerprint density at radius 3 is 0.920 bits per heavy atom. The van der Waals surface area contributed by atoms with Gasteiger partial charge in [0.15, 0.2) is 0 Å². The van der Waals surface area contributed by atoms with Crippen LogP contribution >= 0.6 is 0 Å².